The summed E-state index contributed by atoms with van der Waals surface area (Å²) in [5.74, 6) is 0.849. The minimum Gasteiger partial charge on any atom is -0.381 e. The second-order valence-corrected chi connectivity index (χ2v) is 4.00. The van der Waals surface area contributed by atoms with Gasteiger partial charge in [0.1, 0.15) is 0 Å². The van der Waals surface area contributed by atoms with Crippen molar-refractivity contribution in [3.8, 4) is 0 Å². The summed E-state index contributed by atoms with van der Waals surface area (Å²) in [6.45, 7) is 3.96. The first-order valence-corrected chi connectivity index (χ1v) is 5.80. The standard InChI is InChI=1S/C12H19ClO/c1-2-11(5-8-13)3-4-12-6-9-14-10-7-12/h2,5,8,12H,3-4,6-7,9-10H2,1H3/b8-5-,11-2-. The summed E-state index contributed by atoms with van der Waals surface area (Å²) in [4.78, 5) is 0. The Hall–Kier alpha value is -0.270. The predicted molar refractivity (Wildman–Crippen MR) is 61.5 cm³/mol. The topological polar surface area (TPSA) is 9.23 Å². The van der Waals surface area contributed by atoms with Crippen LogP contribution in [0.25, 0.3) is 0 Å². The van der Waals surface area contributed by atoms with Gasteiger partial charge in [-0.3, -0.25) is 0 Å². The smallest absolute Gasteiger partial charge is 0.0468 e. The summed E-state index contributed by atoms with van der Waals surface area (Å²) in [6.07, 6.45) is 8.98. The molecule has 1 aliphatic heterocycles. The summed E-state index contributed by atoms with van der Waals surface area (Å²) in [5, 5.41) is 0. The third kappa shape index (κ3) is 4.30. The van der Waals surface area contributed by atoms with Gasteiger partial charge in [-0.2, -0.15) is 0 Å². The Kier molecular flexibility index (Phi) is 5.97. The van der Waals surface area contributed by atoms with E-state index < -0.39 is 0 Å². The Balaban J connectivity index is 2.23. The predicted octanol–water partition coefficient (Wildman–Crippen LogP) is 3.89. The second kappa shape index (κ2) is 7.08. The van der Waals surface area contributed by atoms with Crippen LogP contribution >= 0.6 is 11.6 Å². The fourth-order valence-corrected chi connectivity index (χ4v) is 1.97. The quantitative estimate of drug-likeness (QED) is 0.646. The highest BCUT2D eigenvalue weighted by Crippen LogP contribution is 2.22. The van der Waals surface area contributed by atoms with Crippen LogP contribution in [0.15, 0.2) is 23.3 Å². The monoisotopic (exact) mass is 214 g/mol. The van der Waals surface area contributed by atoms with E-state index in [1.54, 1.807) is 5.54 Å². The van der Waals surface area contributed by atoms with Crippen LogP contribution in [-0.2, 0) is 4.74 Å². The lowest BCUT2D eigenvalue weighted by atomic mass is 9.93. The molecule has 0 aliphatic carbocycles. The Morgan fingerprint density at radius 2 is 2.14 bits per heavy atom. The van der Waals surface area contributed by atoms with Crippen LogP contribution in [0.1, 0.15) is 32.6 Å². The summed E-state index contributed by atoms with van der Waals surface area (Å²) < 4.78 is 5.33. The van der Waals surface area contributed by atoms with Gasteiger partial charge in [-0.05, 0) is 44.6 Å². The van der Waals surface area contributed by atoms with E-state index in [1.807, 2.05) is 6.08 Å². The van der Waals surface area contributed by atoms with Crippen LogP contribution < -0.4 is 0 Å². The summed E-state index contributed by atoms with van der Waals surface area (Å²) in [6, 6.07) is 0. The maximum absolute atomic E-state index is 5.56. The Bertz CT molecular complexity index is 202. The van der Waals surface area contributed by atoms with Crippen molar-refractivity contribution in [1.82, 2.24) is 0 Å². The lowest BCUT2D eigenvalue weighted by Gasteiger charge is -2.21. The van der Waals surface area contributed by atoms with E-state index in [-0.39, 0.29) is 0 Å². The minimum atomic E-state index is 0.849. The number of hydrogen-bond donors (Lipinski definition) is 0. The maximum Gasteiger partial charge on any atom is 0.0468 e. The van der Waals surface area contributed by atoms with Crippen molar-refractivity contribution in [2.24, 2.45) is 5.92 Å². The molecule has 1 nitrogen and oxygen atoms in total. The molecule has 0 aromatic heterocycles. The van der Waals surface area contributed by atoms with Crippen molar-refractivity contribution in [3.63, 3.8) is 0 Å². The minimum absolute atomic E-state index is 0.849. The fourth-order valence-electron chi connectivity index (χ4n) is 1.81. The SMILES string of the molecule is C/C=C(\C=C/Cl)CCC1CCOCC1. The molecule has 1 rings (SSSR count). The first-order valence-electron chi connectivity index (χ1n) is 5.36. The molecule has 0 bridgehead atoms. The summed E-state index contributed by atoms with van der Waals surface area (Å²) in [5.41, 5.74) is 2.94. The van der Waals surface area contributed by atoms with Gasteiger partial charge in [0.2, 0.25) is 0 Å². The Morgan fingerprint density at radius 3 is 2.71 bits per heavy atom. The van der Waals surface area contributed by atoms with Crippen LogP contribution in [0.2, 0.25) is 0 Å². The fraction of sp³-hybridized carbons (Fsp3) is 0.667. The normalized spacial score (nSPS) is 20.6. The van der Waals surface area contributed by atoms with Gasteiger partial charge < -0.3 is 4.74 Å². The van der Waals surface area contributed by atoms with Gasteiger partial charge in [-0.25, -0.2) is 0 Å². The van der Waals surface area contributed by atoms with Gasteiger partial charge in [0.15, 0.2) is 0 Å². The van der Waals surface area contributed by atoms with Gasteiger partial charge in [-0.15, -0.1) is 0 Å². The highest BCUT2D eigenvalue weighted by atomic mass is 35.5. The van der Waals surface area contributed by atoms with Crippen molar-refractivity contribution in [2.45, 2.75) is 32.6 Å². The van der Waals surface area contributed by atoms with E-state index in [1.165, 1.54) is 24.8 Å². The Labute approximate surface area is 91.8 Å². The van der Waals surface area contributed by atoms with Crippen LogP contribution in [-0.4, -0.2) is 13.2 Å². The molecule has 0 radical (unpaired) electrons. The van der Waals surface area contributed by atoms with Crippen LogP contribution in [0, 0.1) is 5.92 Å². The number of rotatable bonds is 4. The molecule has 0 saturated carbocycles. The third-order valence-electron chi connectivity index (χ3n) is 2.83. The Morgan fingerprint density at radius 1 is 1.43 bits per heavy atom. The van der Waals surface area contributed by atoms with E-state index in [0.29, 0.717) is 0 Å². The van der Waals surface area contributed by atoms with Crippen LogP contribution in [0.5, 0.6) is 0 Å². The maximum atomic E-state index is 5.56. The number of hydrogen-bond acceptors (Lipinski definition) is 1. The van der Waals surface area contributed by atoms with Gasteiger partial charge in [-0.1, -0.05) is 23.3 Å². The van der Waals surface area contributed by atoms with Gasteiger partial charge in [0, 0.05) is 18.7 Å². The third-order valence-corrected chi connectivity index (χ3v) is 2.96. The molecule has 0 spiro atoms. The molecule has 0 aromatic carbocycles. The molecule has 1 aliphatic rings. The largest absolute Gasteiger partial charge is 0.381 e. The van der Waals surface area contributed by atoms with Crippen LogP contribution in [0.3, 0.4) is 0 Å². The van der Waals surface area contributed by atoms with Crippen LogP contribution in [0.4, 0.5) is 0 Å². The average Bonchev–Trinajstić information content (AvgIpc) is 2.25. The molecule has 0 unspecified atom stereocenters. The molecule has 80 valence electrons. The van der Waals surface area contributed by atoms with E-state index in [9.17, 15) is 0 Å². The number of allylic oxidation sites excluding steroid dienone is 3. The molecular formula is C12H19ClO. The van der Waals surface area contributed by atoms with Crippen molar-refractivity contribution in [1.29, 1.82) is 0 Å². The van der Waals surface area contributed by atoms with E-state index >= 15 is 0 Å². The molecule has 0 N–H and O–H groups in total. The van der Waals surface area contributed by atoms with Crippen molar-refractivity contribution in [2.75, 3.05) is 13.2 Å². The molecule has 0 aromatic rings. The van der Waals surface area contributed by atoms with Crippen molar-refractivity contribution in [3.05, 3.63) is 23.3 Å². The first kappa shape index (κ1) is 11.8. The zero-order valence-corrected chi connectivity index (χ0v) is 9.59. The lowest BCUT2D eigenvalue weighted by Crippen LogP contribution is -2.15. The summed E-state index contributed by atoms with van der Waals surface area (Å²) >= 11 is 5.56. The van der Waals surface area contributed by atoms with Gasteiger partial charge >= 0.3 is 0 Å². The molecule has 1 saturated heterocycles. The molecule has 2 heteroatoms. The van der Waals surface area contributed by atoms with Gasteiger partial charge in [0.25, 0.3) is 0 Å². The molecule has 1 fully saturated rings. The highest BCUT2D eigenvalue weighted by molar-refractivity contribution is 6.25. The highest BCUT2D eigenvalue weighted by Gasteiger charge is 2.13. The zero-order valence-electron chi connectivity index (χ0n) is 8.84. The first-order chi connectivity index (χ1) is 6.86. The molecule has 0 amide bonds. The molecule has 0 atom stereocenters. The second-order valence-electron chi connectivity index (χ2n) is 3.75. The lowest BCUT2D eigenvalue weighted by molar-refractivity contribution is 0.0641. The molecule has 1 heterocycles. The molecular weight excluding hydrogens is 196 g/mol. The average molecular weight is 215 g/mol. The van der Waals surface area contributed by atoms with E-state index in [4.69, 9.17) is 16.3 Å². The zero-order chi connectivity index (χ0) is 10.2. The number of ether oxygens (including phenoxy) is 1. The number of halogens is 1. The summed E-state index contributed by atoms with van der Waals surface area (Å²) in [7, 11) is 0. The van der Waals surface area contributed by atoms with Crippen molar-refractivity contribution < 1.29 is 4.74 Å². The van der Waals surface area contributed by atoms with E-state index in [0.717, 1.165) is 25.6 Å². The van der Waals surface area contributed by atoms with E-state index in [2.05, 4.69) is 13.0 Å². The van der Waals surface area contributed by atoms with Crippen molar-refractivity contribution >= 4 is 11.6 Å². The molecule has 14 heavy (non-hydrogen) atoms. The van der Waals surface area contributed by atoms with Gasteiger partial charge in [0.05, 0.1) is 0 Å².